The lowest BCUT2D eigenvalue weighted by Crippen LogP contribution is -2.44. The topological polar surface area (TPSA) is 125 Å². The Bertz CT molecular complexity index is 856. The van der Waals surface area contributed by atoms with Gasteiger partial charge in [0, 0.05) is 13.0 Å². The fourth-order valence-electron chi connectivity index (χ4n) is 2.77. The van der Waals surface area contributed by atoms with Crippen LogP contribution in [0.5, 0.6) is 0 Å². The van der Waals surface area contributed by atoms with E-state index < -0.39 is 30.1 Å². The van der Waals surface area contributed by atoms with Crippen LogP contribution in [0.1, 0.15) is 23.1 Å². The van der Waals surface area contributed by atoms with E-state index in [-0.39, 0.29) is 26.0 Å². The van der Waals surface area contributed by atoms with Crippen molar-refractivity contribution in [3.05, 3.63) is 71.3 Å². The summed E-state index contributed by atoms with van der Waals surface area (Å²) in [6.07, 6.45) is -2.12. The summed E-state index contributed by atoms with van der Waals surface area (Å²) in [4.78, 5) is 35.3. The fraction of sp³-hybridized carbons (Fsp3) is 0.318. The molecule has 0 heterocycles. The van der Waals surface area contributed by atoms with Gasteiger partial charge < -0.3 is 25.6 Å². The van der Waals surface area contributed by atoms with Crippen molar-refractivity contribution in [2.75, 3.05) is 6.54 Å². The molecule has 0 bridgehead atoms. The van der Waals surface area contributed by atoms with Crippen LogP contribution in [0.3, 0.4) is 0 Å². The van der Waals surface area contributed by atoms with Crippen molar-refractivity contribution < 1.29 is 29.3 Å². The van der Waals surface area contributed by atoms with E-state index in [2.05, 4.69) is 10.6 Å². The van der Waals surface area contributed by atoms with Crippen LogP contribution in [-0.4, -0.2) is 46.9 Å². The molecule has 0 aliphatic rings. The van der Waals surface area contributed by atoms with Crippen LogP contribution < -0.4 is 10.6 Å². The molecule has 0 spiro atoms. The summed E-state index contributed by atoms with van der Waals surface area (Å²) in [5.74, 6) is -1.79. The van der Waals surface area contributed by atoms with Gasteiger partial charge in [-0.05, 0) is 23.6 Å². The Kier molecular flexibility index (Phi) is 8.83. The van der Waals surface area contributed by atoms with Gasteiger partial charge in [0.05, 0.1) is 12.5 Å². The quantitative estimate of drug-likeness (QED) is 0.470. The molecule has 0 unspecified atom stereocenters. The van der Waals surface area contributed by atoms with Crippen LogP contribution >= 0.6 is 0 Å². The number of alkyl carbamates (subject to hydrolysis) is 1. The molecule has 0 saturated heterocycles. The maximum atomic E-state index is 12.1. The highest BCUT2D eigenvalue weighted by molar-refractivity contribution is 5.84. The van der Waals surface area contributed by atoms with Crippen molar-refractivity contribution in [1.29, 1.82) is 0 Å². The van der Waals surface area contributed by atoms with Crippen molar-refractivity contribution in [2.45, 2.75) is 38.5 Å². The SMILES string of the molecule is Cc1ccccc1C[C@H](NC(=O)C[C@H](O)CNC(=O)OCc1ccccc1)C(=O)O. The third-order valence-corrected chi connectivity index (χ3v) is 4.43. The van der Waals surface area contributed by atoms with Gasteiger partial charge in [0.1, 0.15) is 12.6 Å². The maximum absolute atomic E-state index is 12.1. The van der Waals surface area contributed by atoms with Crippen molar-refractivity contribution >= 4 is 18.0 Å². The minimum atomic E-state index is -1.18. The van der Waals surface area contributed by atoms with Gasteiger partial charge in [-0.1, -0.05) is 54.6 Å². The van der Waals surface area contributed by atoms with Gasteiger partial charge in [0.2, 0.25) is 5.91 Å². The van der Waals surface area contributed by atoms with Crippen molar-refractivity contribution in [3.8, 4) is 0 Å². The third-order valence-electron chi connectivity index (χ3n) is 4.43. The second-order valence-electron chi connectivity index (χ2n) is 6.89. The van der Waals surface area contributed by atoms with Crippen LogP contribution in [0.25, 0.3) is 0 Å². The van der Waals surface area contributed by atoms with E-state index in [4.69, 9.17) is 4.74 Å². The highest BCUT2D eigenvalue weighted by Gasteiger charge is 2.22. The Morgan fingerprint density at radius 2 is 1.70 bits per heavy atom. The lowest BCUT2D eigenvalue weighted by atomic mass is 10.0. The summed E-state index contributed by atoms with van der Waals surface area (Å²) in [7, 11) is 0. The zero-order chi connectivity index (χ0) is 21.9. The molecule has 2 aromatic carbocycles. The largest absolute Gasteiger partial charge is 0.480 e. The van der Waals surface area contributed by atoms with E-state index in [1.165, 1.54) is 0 Å². The highest BCUT2D eigenvalue weighted by atomic mass is 16.5. The monoisotopic (exact) mass is 414 g/mol. The Labute approximate surface area is 174 Å². The standard InChI is InChI=1S/C22H26N2O6/c1-15-7-5-6-10-17(15)11-19(21(27)28)24-20(26)12-18(25)13-23-22(29)30-14-16-8-3-2-4-9-16/h2-10,18-19,25H,11-14H2,1H3,(H,23,29)(H,24,26)(H,27,28)/t18-,19-/m0/s1. The molecule has 8 nitrogen and oxygen atoms in total. The van der Waals surface area contributed by atoms with Crippen LogP contribution in [0.2, 0.25) is 0 Å². The molecular formula is C22H26N2O6. The molecule has 0 aliphatic heterocycles. The van der Waals surface area contributed by atoms with Gasteiger partial charge in [-0.25, -0.2) is 9.59 Å². The van der Waals surface area contributed by atoms with E-state index in [0.29, 0.717) is 0 Å². The number of aliphatic hydroxyl groups excluding tert-OH is 1. The number of aryl methyl sites for hydroxylation is 1. The number of carboxylic acids is 1. The minimum absolute atomic E-state index is 0.0858. The molecule has 0 fully saturated rings. The van der Waals surface area contributed by atoms with E-state index in [1.54, 1.807) is 12.1 Å². The van der Waals surface area contributed by atoms with Crippen molar-refractivity contribution in [3.63, 3.8) is 0 Å². The zero-order valence-electron chi connectivity index (χ0n) is 16.7. The minimum Gasteiger partial charge on any atom is -0.480 e. The second-order valence-corrected chi connectivity index (χ2v) is 6.89. The Morgan fingerprint density at radius 3 is 2.37 bits per heavy atom. The summed E-state index contributed by atoms with van der Waals surface area (Å²) < 4.78 is 5.02. The first kappa shape index (κ1) is 22.9. The number of carbonyl (C=O) groups is 3. The lowest BCUT2D eigenvalue weighted by Gasteiger charge is -2.17. The Hall–Kier alpha value is -3.39. The van der Waals surface area contributed by atoms with E-state index in [1.807, 2.05) is 49.4 Å². The number of aliphatic carboxylic acids is 1. The van der Waals surface area contributed by atoms with Crippen LogP contribution in [-0.2, 0) is 27.4 Å². The smallest absolute Gasteiger partial charge is 0.407 e. The number of rotatable bonds is 10. The number of hydrogen-bond acceptors (Lipinski definition) is 5. The molecule has 2 atom stereocenters. The number of carboxylic acid groups (broad SMARTS) is 1. The van der Waals surface area contributed by atoms with Gasteiger partial charge in [-0.15, -0.1) is 0 Å². The first-order valence-corrected chi connectivity index (χ1v) is 9.54. The molecule has 30 heavy (non-hydrogen) atoms. The lowest BCUT2D eigenvalue weighted by molar-refractivity contribution is -0.142. The molecule has 160 valence electrons. The number of hydrogen-bond donors (Lipinski definition) is 4. The predicted octanol–water partition coefficient (Wildman–Crippen LogP) is 1.78. The molecule has 0 radical (unpaired) electrons. The fourth-order valence-corrected chi connectivity index (χ4v) is 2.77. The summed E-state index contributed by atoms with van der Waals surface area (Å²) in [6.45, 7) is 1.75. The zero-order valence-corrected chi connectivity index (χ0v) is 16.7. The molecule has 4 N–H and O–H groups in total. The van der Waals surface area contributed by atoms with Gasteiger partial charge >= 0.3 is 12.1 Å². The van der Waals surface area contributed by atoms with E-state index >= 15 is 0 Å². The molecule has 2 amide bonds. The van der Waals surface area contributed by atoms with Crippen LogP contribution in [0.15, 0.2) is 54.6 Å². The van der Waals surface area contributed by atoms with Crippen molar-refractivity contribution in [1.82, 2.24) is 10.6 Å². The average Bonchev–Trinajstić information content (AvgIpc) is 2.72. The molecule has 0 saturated carbocycles. The number of ether oxygens (including phenoxy) is 1. The molecule has 8 heteroatoms. The summed E-state index contributed by atoms with van der Waals surface area (Å²) >= 11 is 0. The maximum Gasteiger partial charge on any atom is 0.407 e. The van der Waals surface area contributed by atoms with E-state index in [0.717, 1.165) is 16.7 Å². The van der Waals surface area contributed by atoms with Gasteiger partial charge in [0.15, 0.2) is 0 Å². The Morgan fingerprint density at radius 1 is 1.03 bits per heavy atom. The highest BCUT2D eigenvalue weighted by Crippen LogP contribution is 2.10. The number of benzene rings is 2. The Balaban J connectivity index is 1.74. The summed E-state index contributed by atoms with van der Waals surface area (Å²) in [5, 5.41) is 24.1. The predicted molar refractivity (Wildman–Crippen MR) is 110 cm³/mol. The molecule has 2 rings (SSSR count). The normalized spacial score (nSPS) is 12.5. The first-order valence-electron chi connectivity index (χ1n) is 9.54. The van der Waals surface area contributed by atoms with Crippen molar-refractivity contribution in [2.24, 2.45) is 0 Å². The summed E-state index contributed by atoms with van der Waals surface area (Å²) in [5.41, 5.74) is 2.56. The third kappa shape index (κ3) is 7.92. The number of nitrogens with one attached hydrogen (secondary N) is 2. The molecule has 0 aliphatic carbocycles. The van der Waals surface area contributed by atoms with Gasteiger partial charge in [-0.3, -0.25) is 4.79 Å². The average molecular weight is 414 g/mol. The summed E-state index contributed by atoms with van der Waals surface area (Å²) in [6, 6.07) is 15.3. The number of amides is 2. The second kappa shape index (κ2) is 11.6. The van der Waals surface area contributed by atoms with Gasteiger partial charge in [0.25, 0.3) is 0 Å². The van der Waals surface area contributed by atoms with Gasteiger partial charge in [-0.2, -0.15) is 0 Å². The molecule has 2 aromatic rings. The van der Waals surface area contributed by atoms with Crippen LogP contribution in [0, 0.1) is 6.92 Å². The molecule has 0 aromatic heterocycles. The number of aliphatic hydroxyl groups is 1. The van der Waals surface area contributed by atoms with Crippen LogP contribution in [0.4, 0.5) is 4.79 Å². The van der Waals surface area contributed by atoms with E-state index in [9.17, 15) is 24.6 Å². The number of carbonyl (C=O) groups excluding carboxylic acids is 2. The molecular weight excluding hydrogens is 388 g/mol. The first-order chi connectivity index (χ1) is 14.3.